The first kappa shape index (κ1) is 33.0. The van der Waals surface area contributed by atoms with Gasteiger partial charge in [-0.2, -0.15) is 0 Å². The molecule has 3 fully saturated rings. The number of carbonyl (C=O) groups is 4. The number of rotatable bonds is 9. The Balaban J connectivity index is 1.88. The lowest BCUT2D eigenvalue weighted by molar-refractivity contribution is -0.180. The summed E-state index contributed by atoms with van der Waals surface area (Å²) in [6.45, 7) is 21.2. The normalized spacial score (nSPS) is 37.4. The van der Waals surface area contributed by atoms with Crippen molar-refractivity contribution >= 4 is 32.3 Å². The minimum absolute atomic E-state index is 0.0348. The molecule has 40 heavy (non-hydrogen) atoms. The third kappa shape index (κ3) is 6.43. The number of carbonyl (C=O) groups excluding carboxylic acids is 4. The predicted molar refractivity (Wildman–Crippen MR) is 157 cm³/mol. The Bertz CT molecular complexity index is 971. The van der Waals surface area contributed by atoms with Crippen molar-refractivity contribution in [1.82, 2.24) is 0 Å². The van der Waals surface area contributed by atoms with Gasteiger partial charge in [-0.25, -0.2) is 0 Å². The Labute approximate surface area is 243 Å². The number of hydrogen-bond acceptors (Lipinski definition) is 7. The van der Waals surface area contributed by atoms with Gasteiger partial charge in [-0.05, 0) is 79.8 Å². The van der Waals surface area contributed by atoms with Crippen molar-refractivity contribution in [1.29, 1.82) is 0 Å². The van der Waals surface area contributed by atoms with Crippen LogP contribution in [0.25, 0.3) is 0 Å². The van der Waals surface area contributed by atoms with Gasteiger partial charge in [0.1, 0.15) is 24.3 Å². The van der Waals surface area contributed by atoms with Crippen LogP contribution in [0.3, 0.4) is 0 Å². The maximum atomic E-state index is 14.4. The summed E-state index contributed by atoms with van der Waals surface area (Å²) in [7, 11) is -1.92. The second kappa shape index (κ2) is 12.0. The van der Waals surface area contributed by atoms with Gasteiger partial charge in [-0.1, -0.05) is 41.5 Å². The number of ketones is 1. The number of Topliss-reactive ketones (excluding diaryl/α,β-unsaturated/α-hetero) is 1. The number of esters is 2. The van der Waals surface area contributed by atoms with Crippen molar-refractivity contribution in [2.75, 3.05) is 6.61 Å². The van der Waals surface area contributed by atoms with Gasteiger partial charge in [-0.15, -0.1) is 0 Å². The predicted octanol–water partition coefficient (Wildman–Crippen LogP) is 6.52. The molecule has 0 spiro atoms. The SMILES string of the molecule is CC(=O)O[C@H]1CC[C@]2(C)C(=O)[C@H]([C@@H]3CC[C@H]([C@H](C)CO[Si](C)(C)C(C)(C)C)[C@@]3(C)CC=O)C[C@H](OC(C)=O)[C@H]2C1. The van der Waals surface area contributed by atoms with Crippen LogP contribution in [0.4, 0.5) is 0 Å². The summed E-state index contributed by atoms with van der Waals surface area (Å²) >= 11 is 0. The van der Waals surface area contributed by atoms with Gasteiger partial charge >= 0.3 is 11.9 Å². The van der Waals surface area contributed by atoms with Crippen molar-refractivity contribution < 1.29 is 33.1 Å². The minimum atomic E-state index is -1.92. The molecule has 0 radical (unpaired) electrons. The molecule has 7 nitrogen and oxygen atoms in total. The molecular weight excluding hydrogens is 524 g/mol. The van der Waals surface area contributed by atoms with Crippen molar-refractivity contribution in [2.24, 2.45) is 40.4 Å². The maximum absolute atomic E-state index is 14.4. The molecule has 0 saturated heterocycles. The van der Waals surface area contributed by atoms with Gasteiger partial charge in [0.25, 0.3) is 0 Å². The Morgan fingerprint density at radius 3 is 2.20 bits per heavy atom. The molecule has 0 aliphatic heterocycles. The van der Waals surface area contributed by atoms with Crippen LogP contribution in [0.1, 0.15) is 100 Å². The highest BCUT2D eigenvalue weighted by molar-refractivity contribution is 6.74. The average molecular weight is 579 g/mol. The number of ether oxygens (including phenoxy) is 2. The lowest BCUT2D eigenvalue weighted by Gasteiger charge is -2.53. The Hall–Kier alpha value is -1.54. The molecule has 228 valence electrons. The molecule has 3 aliphatic carbocycles. The molecule has 0 aromatic carbocycles. The van der Waals surface area contributed by atoms with E-state index in [1.165, 1.54) is 13.8 Å². The fourth-order valence-corrected chi connectivity index (χ4v) is 9.31. The van der Waals surface area contributed by atoms with Crippen molar-refractivity contribution in [3.05, 3.63) is 0 Å². The van der Waals surface area contributed by atoms with Crippen molar-refractivity contribution in [3.8, 4) is 0 Å². The minimum Gasteiger partial charge on any atom is -0.463 e. The first-order valence-corrected chi connectivity index (χ1v) is 18.2. The van der Waals surface area contributed by atoms with Crippen LogP contribution in [0.15, 0.2) is 0 Å². The van der Waals surface area contributed by atoms with E-state index in [1.807, 2.05) is 6.92 Å². The molecule has 0 N–H and O–H groups in total. The first-order valence-electron chi connectivity index (χ1n) is 15.3. The van der Waals surface area contributed by atoms with E-state index < -0.39 is 19.8 Å². The second-order valence-electron chi connectivity index (χ2n) is 15.1. The number of hydrogen-bond donors (Lipinski definition) is 0. The van der Waals surface area contributed by atoms with Crippen LogP contribution in [0, 0.1) is 40.4 Å². The van der Waals surface area contributed by atoms with E-state index in [1.54, 1.807) is 0 Å². The van der Waals surface area contributed by atoms with E-state index in [9.17, 15) is 19.2 Å². The summed E-state index contributed by atoms with van der Waals surface area (Å²) < 4.78 is 18.1. The fourth-order valence-electron chi connectivity index (χ4n) is 8.20. The maximum Gasteiger partial charge on any atom is 0.302 e. The molecule has 0 unspecified atom stereocenters. The lowest BCUT2D eigenvalue weighted by Crippen LogP contribution is -2.58. The summed E-state index contributed by atoms with van der Waals surface area (Å²) in [5.74, 6) is -0.365. The quantitative estimate of drug-likeness (QED) is 0.174. The van der Waals surface area contributed by atoms with Crippen molar-refractivity contribution in [2.45, 2.75) is 131 Å². The van der Waals surface area contributed by atoms with Crippen LogP contribution in [0.2, 0.25) is 18.1 Å². The van der Waals surface area contributed by atoms with Crippen molar-refractivity contribution in [3.63, 3.8) is 0 Å². The summed E-state index contributed by atoms with van der Waals surface area (Å²) in [6, 6.07) is 0. The largest absolute Gasteiger partial charge is 0.463 e. The Kier molecular flexibility index (Phi) is 9.88. The highest BCUT2D eigenvalue weighted by Gasteiger charge is 2.61. The number of aldehydes is 1. The highest BCUT2D eigenvalue weighted by atomic mass is 28.4. The van der Waals surface area contributed by atoms with Crippen LogP contribution in [0.5, 0.6) is 0 Å². The molecular formula is C32H54O7Si. The molecule has 0 aromatic rings. The number of fused-ring (bicyclic) bond motifs is 1. The van der Waals surface area contributed by atoms with Gasteiger partial charge < -0.3 is 18.7 Å². The third-order valence-corrected chi connectivity index (χ3v) is 16.0. The molecule has 9 atom stereocenters. The zero-order valence-corrected chi connectivity index (χ0v) is 27.6. The fraction of sp³-hybridized carbons (Fsp3) is 0.875. The third-order valence-electron chi connectivity index (χ3n) is 11.5. The van der Waals surface area contributed by atoms with E-state index in [0.717, 1.165) is 19.1 Å². The lowest BCUT2D eigenvalue weighted by atomic mass is 9.51. The second-order valence-corrected chi connectivity index (χ2v) is 19.9. The molecule has 0 amide bonds. The molecule has 3 rings (SSSR count). The standard InChI is InChI=1S/C32H54O7Si/c1-20(19-37-40(9,10)30(4,5)6)25-11-12-26(31(25,7)15-16-33)24-18-28(39-22(3)35)27-17-23(38-21(2)34)13-14-32(27,8)29(24)36/h16,20,23-28H,11-15,17-19H2,1-10H3/t20-,23+,24+,25-,26+,27-,28+,31-,32+/m1/s1. The van der Waals surface area contributed by atoms with Gasteiger partial charge in [0.05, 0.1) is 0 Å². The zero-order chi connectivity index (χ0) is 30.3. The van der Waals surface area contributed by atoms with E-state index in [2.05, 4.69) is 47.7 Å². The molecule has 3 aliphatic rings. The highest BCUT2D eigenvalue weighted by Crippen LogP contribution is 2.61. The summed E-state index contributed by atoms with van der Waals surface area (Å²) in [5, 5.41) is 0.123. The molecule has 8 heteroatoms. The molecule has 0 bridgehead atoms. The van der Waals surface area contributed by atoms with E-state index >= 15 is 0 Å². The van der Waals surface area contributed by atoms with Gasteiger partial charge in [0.15, 0.2) is 8.32 Å². The zero-order valence-electron chi connectivity index (χ0n) is 26.6. The van der Waals surface area contributed by atoms with Gasteiger partial charge in [-0.3, -0.25) is 14.4 Å². The van der Waals surface area contributed by atoms with E-state index in [4.69, 9.17) is 13.9 Å². The Morgan fingerprint density at radius 1 is 1.02 bits per heavy atom. The van der Waals surface area contributed by atoms with Crippen LogP contribution in [-0.4, -0.2) is 51.1 Å². The Morgan fingerprint density at radius 2 is 1.65 bits per heavy atom. The van der Waals surface area contributed by atoms with Crippen LogP contribution >= 0.6 is 0 Å². The van der Waals surface area contributed by atoms with Crippen LogP contribution < -0.4 is 0 Å². The summed E-state index contributed by atoms with van der Waals surface area (Å²) in [5.41, 5.74) is -0.992. The molecule has 3 saturated carbocycles. The van der Waals surface area contributed by atoms with E-state index in [0.29, 0.717) is 38.7 Å². The topological polar surface area (TPSA) is 96.0 Å². The molecule has 0 heterocycles. The van der Waals surface area contributed by atoms with E-state index in [-0.39, 0.29) is 63.9 Å². The summed E-state index contributed by atoms with van der Waals surface area (Å²) in [6.07, 6.45) is 4.78. The smallest absolute Gasteiger partial charge is 0.302 e. The van der Waals surface area contributed by atoms with Gasteiger partial charge in [0.2, 0.25) is 0 Å². The molecule has 0 aromatic heterocycles. The summed E-state index contributed by atoms with van der Waals surface area (Å²) in [4.78, 5) is 50.4. The van der Waals surface area contributed by atoms with Gasteiger partial charge in [0, 0.05) is 44.1 Å². The monoisotopic (exact) mass is 578 g/mol. The van der Waals surface area contributed by atoms with Crippen LogP contribution in [-0.2, 0) is 33.1 Å². The first-order chi connectivity index (χ1) is 18.4. The average Bonchev–Trinajstić information content (AvgIpc) is 3.15.